The van der Waals surface area contributed by atoms with Crippen molar-refractivity contribution in [3.63, 3.8) is 0 Å². The summed E-state index contributed by atoms with van der Waals surface area (Å²) in [4.78, 5) is 0. The number of rotatable bonds is 3. The number of hydrogen-bond donors (Lipinski definition) is 1. The fourth-order valence-corrected chi connectivity index (χ4v) is 2.01. The smallest absolute Gasteiger partial charge is 0.00425 e. The first-order valence-electron chi connectivity index (χ1n) is 5.38. The van der Waals surface area contributed by atoms with Gasteiger partial charge in [0.15, 0.2) is 0 Å². The highest BCUT2D eigenvalue weighted by Gasteiger charge is 2.09. The van der Waals surface area contributed by atoms with Crippen LogP contribution in [0.2, 0.25) is 0 Å². The van der Waals surface area contributed by atoms with Gasteiger partial charge in [0.05, 0.1) is 0 Å². The average Bonchev–Trinajstić information content (AvgIpc) is 2.65. The van der Waals surface area contributed by atoms with Crippen LogP contribution in [0, 0.1) is 0 Å². The zero-order valence-electron chi connectivity index (χ0n) is 8.50. The van der Waals surface area contributed by atoms with Gasteiger partial charge in [-0.25, -0.2) is 0 Å². The van der Waals surface area contributed by atoms with E-state index < -0.39 is 0 Å². The molecular weight excluding hydrogens is 170 g/mol. The van der Waals surface area contributed by atoms with Crippen LogP contribution in [-0.4, -0.2) is 6.54 Å². The highest BCUT2D eigenvalue weighted by atomic mass is 14.5. The van der Waals surface area contributed by atoms with E-state index in [1.807, 2.05) is 0 Å². The number of aryl methyl sites for hydroxylation is 2. The lowest BCUT2D eigenvalue weighted by molar-refractivity contribution is 0.912. The molecule has 1 aromatic carbocycles. The van der Waals surface area contributed by atoms with E-state index in [0.717, 1.165) is 13.0 Å². The van der Waals surface area contributed by atoms with Gasteiger partial charge in [-0.15, -0.1) is 0 Å². The summed E-state index contributed by atoms with van der Waals surface area (Å²) in [5.74, 6) is 0. The summed E-state index contributed by atoms with van der Waals surface area (Å²) in [5.41, 5.74) is 9.83. The molecule has 1 aliphatic carbocycles. The topological polar surface area (TPSA) is 26.0 Å². The summed E-state index contributed by atoms with van der Waals surface area (Å²) >= 11 is 0. The summed E-state index contributed by atoms with van der Waals surface area (Å²) in [7, 11) is 0. The maximum atomic E-state index is 5.43. The number of benzene rings is 1. The molecule has 0 saturated heterocycles. The maximum absolute atomic E-state index is 5.43. The molecule has 0 aromatic heterocycles. The second kappa shape index (κ2) is 4.43. The van der Waals surface area contributed by atoms with Gasteiger partial charge in [0.1, 0.15) is 0 Å². The molecule has 0 atom stereocenters. The molecule has 0 unspecified atom stereocenters. The molecule has 0 spiro atoms. The van der Waals surface area contributed by atoms with Crippen LogP contribution in [-0.2, 0) is 12.8 Å². The first kappa shape index (κ1) is 9.47. The first-order chi connectivity index (χ1) is 6.90. The minimum absolute atomic E-state index is 0.738. The average molecular weight is 187 g/mol. The fraction of sp³-hybridized carbons (Fsp3) is 0.385. The molecule has 0 amide bonds. The minimum atomic E-state index is 0.738. The van der Waals surface area contributed by atoms with Gasteiger partial charge < -0.3 is 5.73 Å². The molecule has 1 aromatic rings. The van der Waals surface area contributed by atoms with E-state index in [1.165, 1.54) is 24.8 Å². The summed E-state index contributed by atoms with van der Waals surface area (Å²) in [6.07, 6.45) is 9.14. The quantitative estimate of drug-likeness (QED) is 0.773. The molecule has 14 heavy (non-hydrogen) atoms. The Morgan fingerprint density at radius 3 is 2.93 bits per heavy atom. The maximum Gasteiger partial charge on any atom is -0.00425 e. The molecule has 1 aliphatic rings. The van der Waals surface area contributed by atoms with Gasteiger partial charge in [-0.2, -0.15) is 0 Å². The van der Waals surface area contributed by atoms with E-state index in [4.69, 9.17) is 5.73 Å². The summed E-state index contributed by atoms with van der Waals surface area (Å²) in [5, 5.41) is 0. The van der Waals surface area contributed by atoms with Crippen molar-refractivity contribution in [2.24, 2.45) is 5.73 Å². The Labute approximate surface area is 85.6 Å². The van der Waals surface area contributed by atoms with Crippen molar-refractivity contribution >= 4 is 6.08 Å². The van der Waals surface area contributed by atoms with Crippen LogP contribution in [0.4, 0.5) is 0 Å². The highest BCUT2D eigenvalue weighted by molar-refractivity contribution is 5.52. The molecule has 0 fully saturated rings. The van der Waals surface area contributed by atoms with Crippen LogP contribution < -0.4 is 5.73 Å². The Hall–Kier alpha value is -1.08. The molecule has 0 radical (unpaired) electrons. The molecule has 0 aliphatic heterocycles. The monoisotopic (exact) mass is 187 g/mol. The molecular formula is C13H17N. The lowest BCUT2D eigenvalue weighted by Gasteiger charge is -2.00. The second-order valence-electron chi connectivity index (χ2n) is 3.86. The lowest BCUT2D eigenvalue weighted by Crippen LogP contribution is -1.95. The third-order valence-electron chi connectivity index (χ3n) is 2.77. The zero-order chi connectivity index (χ0) is 9.80. The normalized spacial score (nSPS) is 14.9. The van der Waals surface area contributed by atoms with Crippen molar-refractivity contribution in [1.82, 2.24) is 0 Å². The van der Waals surface area contributed by atoms with Crippen molar-refractivity contribution in [2.45, 2.75) is 25.7 Å². The van der Waals surface area contributed by atoms with Gasteiger partial charge in [0.2, 0.25) is 0 Å². The van der Waals surface area contributed by atoms with Gasteiger partial charge in [-0.1, -0.05) is 30.4 Å². The Morgan fingerprint density at radius 1 is 1.21 bits per heavy atom. The minimum Gasteiger partial charge on any atom is -0.330 e. The Bertz CT molecular complexity index is 339. The van der Waals surface area contributed by atoms with Crippen LogP contribution >= 0.6 is 0 Å². The van der Waals surface area contributed by atoms with E-state index in [0.29, 0.717) is 0 Å². The first-order valence-corrected chi connectivity index (χ1v) is 5.38. The zero-order valence-corrected chi connectivity index (χ0v) is 8.50. The van der Waals surface area contributed by atoms with Crippen molar-refractivity contribution < 1.29 is 0 Å². The Balaban J connectivity index is 2.12. The molecule has 1 nitrogen and oxygen atoms in total. The summed E-state index contributed by atoms with van der Waals surface area (Å²) in [6.45, 7) is 0.738. The van der Waals surface area contributed by atoms with Gasteiger partial charge in [0.25, 0.3) is 0 Å². The number of hydrogen-bond acceptors (Lipinski definition) is 1. The molecule has 2 N–H and O–H groups in total. The fourth-order valence-electron chi connectivity index (χ4n) is 2.01. The van der Waals surface area contributed by atoms with E-state index in [-0.39, 0.29) is 0 Å². The summed E-state index contributed by atoms with van der Waals surface area (Å²) < 4.78 is 0. The van der Waals surface area contributed by atoms with Crippen LogP contribution in [0.1, 0.15) is 29.5 Å². The predicted molar refractivity (Wildman–Crippen MR) is 61.2 cm³/mol. The van der Waals surface area contributed by atoms with Crippen molar-refractivity contribution in [1.29, 1.82) is 0 Å². The standard InChI is InChI=1S/C13H17N/c14-9-2-1-4-11-7-8-12-5-3-6-13(12)10-11/h1,4,7-8,10H,2-3,5-6,9,14H2/b4-1+. The van der Waals surface area contributed by atoms with E-state index >= 15 is 0 Å². The molecule has 74 valence electrons. The molecule has 0 heterocycles. The van der Waals surface area contributed by atoms with Crippen LogP contribution in [0.15, 0.2) is 24.3 Å². The SMILES string of the molecule is NCC/C=C/c1ccc2c(c1)CCC2. The van der Waals surface area contributed by atoms with Gasteiger partial charge in [-0.3, -0.25) is 0 Å². The van der Waals surface area contributed by atoms with Crippen molar-refractivity contribution in [2.75, 3.05) is 6.54 Å². The highest BCUT2D eigenvalue weighted by Crippen LogP contribution is 2.23. The van der Waals surface area contributed by atoms with Crippen LogP contribution in [0.3, 0.4) is 0 Å². The molecule has 2 rings (SSSR count). The van der Waals surface area contributed by atoms with Crippen LogP contribution in [0.5, 0.6) is 0 Å². The third kappa shape index (κ3) is 2.05. The molecule has 0 saturated carbocycles. The molecule has 1 heteroatoms. The Morgan fingerprint density at radius 2 is 2.07 bits per heavy atom. The lowest BCUT2D eigenvalue weighted by atomic mass is 10.1. The van der Waals surface area contributed by atoms with Crippen molar-refractivity contribution in [3.8, 4) is 0 Å². The van der Waals surface area contributed by atoms with E-state index in [9.17, 15) is 0 Å². The van der Waals surface area contributed by atoms with Gasteiger partial charge >= 0.3 is 0 Å². The third-order valence-corrected chi connectivity index (χ3v) is 2.77. The second-order valence-corrected chi connectivity index (χ2v) is 3.86. The van der Waals surface area contributed by atoms with Crippen molar-refractivity contribution in [3.05, 3.63) is 41.0 Å². The summed E-state index contributed by atoms with van der Waals surface area (Å²) in [6, 6.07) is 6.79. The molecule has 0 bridgehead atoms. The van der Waals surface area contributed by atoms with Gasteiger partial charge in [-0.05, 0) is 48.9 Å². The van der Waals surface area contributed by atoms with Gasteiger partial charge in [0, 0.05) is 0 Å². The van der Waals surface area contributed by atoms with E-state index in [2.05, 4.69) is 30.4 Å². The van der Waals surface area contributed by atoms with E-state index in [1.54, 1.807) is 11.1 Å². The Kier molecular flexibility index (Phi) is 3.00. The largest absolute Gasteiger partial charge is 0.330 e. The number of fused-ring (bicyclic) bond motifs is 1. The predicted octanol–water partition coefficient (Wildman–Crippen LogP) is 2.54. The van der Waals surface area contributed by atoms with Crippen LogP contribution in [0.25, 0.3) is 6.08 Å². The number of nitrogens with two attached hydrogens (primary N) is 1.